The maximum absolute atomic E-state index is 11.6. The zero-order valence-electron chi connectivity index (χ0n) is 9.36. The van der Waals surface area contributed by atoms with Crippen molar-refractivity contribution in [2.24, 2.45) is 0 Å². The van der Waals surface area contributed by atoms with Crippen molar-refractivity contribution in [3.63, 3.8) is 0 Å². The highest BCUT2D eigenvalue weighted by Crippen LogP contribution is 2.10. The number of nitrogens with one attached hydrogen (secondary N) is 1. The van der Waals surface area contributed by atoms with E-state index in [0.29, 0.717) is 11.3 Å². The number of nitrogens with zero attached hydrogens (tertiary/aromatic N) is 1. The van der Waals surface area contributed by atoms with Crippen LogP contribution in [0.3, 0.4) is 0 Å². The average Bonchev–Trinajstić information content (AvgIpc) is 2.28. The Balaban J connectivity index is 2.79. The molecule has 1 aromatic carbocycles. The highest BCUT2D eigenvalue weighted by atomic mass is 16.2. The van der Waals surface area contributed by atoms with Crippen LogP contribution < -0.4 is 5.32 Å². The molecule has 1 aromatic rings. The lowest BCUT2D eigenvalue weighted by atomic mass is 10.2. The van der Waals surface area contributed by atoms with E-state index < -0.39 is 0 Å². The molecule has 0 aliphatic carbocycles. The van der Waals surface area contributed by atoms with Crippen molar-refractivity contribution >= 4 is 17.5 Å². The molecule has 0 fully saturated rings. The molecular weight excluding hydrogens is 204 g/mol. The third kappa shape index (κ3) is 2.95. The van der Waals surface area contributed by atoms with E-state index >= 15 is 0 Å². The monoisotopic (exact) mass is 218 g/mol. The van der Waals surface area contributed by atoms with Crippen LogP contribution in [0.1, 0.15) is 10.4 Å². The summed E-state index contributed by atoms with van der Waals surface area (Å²) in [7, 11) is 3.38. The van der Waals surface area contributed by atoms with Crippen molar-refractivity contribution in [3.8, 4) is 0 Å². The van der Waals surface area contributed by atoms with Gasteiger partial charge in [0.05, 0.1) is 0 Å². The van der Waals surface area contributed by atoms with Crippen LogP contribution in [-0.4, -0.2) is 30.8 Å². The van der Waals surface area contributed by atoms with Gasteiger partial charge in [0, 0.05) is 25.3 Å². The Morgan fingerprint density at radius 1 is 1.25 bits per heavy atom. The van der Waals surface area contributed by atoms with E-state index in [9.17, 15) is 9.59 Å². The molecule has 0 radical (unpaired) electrons. The van der Waals surface area contributed by atoms with E-state index in [0.717, 1.165) is 0 Å². The smallest absolute Gasteiger partial charge is 0.253 e. The Kier molecular flexibility index (Phi) is 3.83. The van der Waals surface area contributed by atoms with Crippen LogP contribution in [-0.2, 0) is 4.79 Å². The van der Waals surface area contributed by atoms with Gasteiger partial charge in [-0.15, -0.1) is 0 Å². The zero-order valence-corrected chi connectivity index (χ0v) is 9.36. The molecule has 0 aliphatic heterocycles. The van der Waals surface area contributed by atoms with Gasteiger partial charge in [0.15, 0.2) is 0 Å². The van der Waals surface area contributed by atoms with Gasteiger partial charge in [-0.1, -0.05) is 6.58 Å². The number of rotatable bonds is 3. The quantitative estimate of drug-likeness (QED) is 0.782. The lowest BCUT2D eigenvalue weighted by Gasteiger charge is -2.10. The molecule has 0 aliphatic rings. The van der Waals surface area contributed by atoms with Gasteiger partial charge < -0.3 is 10.2 Å². The minimum absolute atomic E-state index is 0.0680. The van der Waals surface area contributed by atoms with Gasteiger partial charge in [0.1, 0.15) is 0 Å². The number of benzene rings is 1. The lowest BCUT2D eigenvalue weighted by molar-refractivity contribution is -0.111. The Morgan fingerprint density at radius 2 is 1.81 bits per heavy atom. The highest BCUT2D eigenvalue weighted by molar-refractivity contribution is 5.99. The van der Waals surface area contributed by atoms with Crippen LogP contribution >= 0.6 is 0 Å². The fourth-order valence-electron chi connectivity index (χ4n) is 1.15. The number of hydrogen-bond acceptors (Lipinski definition) is 2. The van der Waals surface area contributed by atoms with E-state index in [1.54, 1.807) is 38.4 Å². The Bertz CT molecular complexity index is 408. The summed E-state index contributed by atoms with van der Waals surface area (Å²) in [4.78, 5) is 24.1. The number of amides is 2. The normalized spacial score (nSPS) is 9.38. The van der Waals surface area contributed by atoms with Crippen molar-refractivity contribution in [3.05, 3.63) is 42.5 Å². The predicted molar refractivity (Wildman–Crippen MR) is 63.3 cm³/mol. The van der Waals surface area contributed by atoms with Crippen molar-refractivity contribution in [2.75, 3.05) is 19.4 Å². The maximum atomic E-state index is 11.6. The van der Waals surface area contributed by atoms with Crippen LogP contribution in [0.4, 0.5) is 5.69 Å². The van der Waals surface area contributed by atoms with E-state index in [1.165, 1.54) is 11.0 Å². The first-order valence-corrected chi connectivity index (χ1v) is 4.79. The van der Waals surface area contributed by atoms with E-state index in [2.05, 4.69) is 11.9 Å². The summed E-state index contributed by atoms with van der Waals surface area (Å²) < 4.78 is 0. The Hall–Kier alpha value is -2.10. The summed E-state index contributed by atoms with van der Waals surface area (Å²) in [6, 6.07) is 6.69. The fraction of sp³-hybridized carbons (Fsp3) is 0.167. The number of hydrogen-bond donors (Lipinski definition) is 1. The molecule has 0 spiro atoms. The summed E-state index contributed by atoms with van der Waals surface area (Å²) in [5, 5.41) is 2.61. The Morgan fingerprint density at radius 3 is 2.25 bits per heavy atom. The molecule has 0 atom stereocenters. The van der Waals surface area contributed by atoms with Gasteiger partial charge in [0.25, 0.3) is 5.91 Å². The van der Waals surface area contributed by atoms with Crippen molar-refractivity contribution in [1.82, 2.24) is 4.90 Å². The van der Waals surface area contributed by atoms with Crippen molar-refractivity contribution in [2.45, 2.75) is 0 Å². The molecule has 0 aromatic heterocycles. The molecule has 16 heavy (non-hydrogen) atoms. The van der Waals surface area contributed by atoms with Gasteiger partial charge in [-0.25, -0.2) is 0 Å². The van der Waals surface area contributed by atoms with Gasteiger partial charge in [-0.2, -0.15) is 0 Å². The SMILES string of the molecule is C=CC(=O)Nc1ccc(C(=O)N(C)C)cc1. The summed E-state index contributed by atoms with van der Waals surface area (Å²) in [6.45, 7) is 3.35. The molecule has 1 N–H and O–H groups in total. The van der Waals surface area contributed by atoms with E-state index in [-0.39, 0.29) is 11.8 Å². The molecule has 1 rings (SSSR count). The average molecular weight is 218 g/mol. The number of carbonyl (C=O) groups is 2. The van der Waals surface area contributed by atoms with Crippen LogP contribution in [0.2, 0.25) is 0 Å². The van der Waals surface area contributed by atoms with Gasteiger partial charge in [-0.3, -0.25) is 9.59 Å². The second-order valence-electron chi connectivity index (χ2n) is 3.47. The molecule has 2 amide bonds. The molecule has 0 bridgehead atoms. The second kappa shape index (κ2) is 5.11. The first kappa shape index (κ1) is 12.0. The predicted octanol–water partition coefficient (Wildman–Crippen LogP) is 1.51. The maximum Gasteiger partial charge on any atom is 0.253 e. The standard InChI is InChI=1S/C12H14N2O2/c1-4-11(15)13-10-7-5-9(6-8-10)12(16)14(2)3/h4-8H,1H2,2-3H3,(H,13,15). The van der Waals surface area contributed by atoms with Gasteiger partial charge in [-0.05, 0) is 30.3 Å². The molecule has 4 heteroatoms. The first-order valence-electron chi connectivity index (χ1n) is 4.79. The minimum atomic E-state index is -0.272. The zero-order chi connectivity index (χ0) is 12.1. The fourth-order valence-corrected chi connectivity index (χ4v) is 1.15. The minimum Gasteiger partial charge on any atom is -0.345 e. The largest absolute Gasteiger partial charge is 0.345 e. The Labute approximate surface area is 94.6 Å². The number of carbonyl (C=O) groups excluding carboxylic acids is 2. The lowest BCUT2D eigenvalue weighted by Crippen LogP contribution is -2.21. The second-order valence-corrected chi connectivity index (χ2v) is 3.47. The number of anilines is 1. The summed E-state index contributed by atoms with van der Waals surface area (Å²) in [5.41, 5.74) is 1.22. The third-order valence-electron chi connectivity index (χ3n) is 1.99. The summed E-state index contributed by atoms with van der Waals surface area (Å²) >= 11 is 0. The van der Waals surface area contributed by atoms with E-state index in [1.807, 2.05) is 0 Å². The van der Waals surface area contributed by atoms with Crippen LogP contribution in [0, 0.1) is 0 Å². The molecule has 0 heterocycles. The topological polar surface area (TPSA) is 49.4 Å². The van der Waals surface area contributed by atoms with Gasteiger partial charge >= 0.3 is 0 Å². The molecular formula is C12H14N2O2. The molecule has 84 valence electrons. The van der Waals surface area contributed by atoms with Crippen LogP contribution in [0.5, 0.6) is 0 Å². The molecule has 0 saturated carbocycles. The van der Waals surface area contributed by atoms with Crippen LogP contribution in [0.25, 0.3) is 0 Å². The van der Waals surface area contributed by atoms with E-state index in [4.69, 9.17) is 0 Å². The first-order chi connectivity index (χ1) is 7.54. The molecule has 0 unspecified atom stereocenters. The van der Waals surface area contributed by atoms with Crippen LogP contribution in [0.15, 0.2) is 36.9 Å². The molecule has 4 nitrogen and oxygen atoms in total. The third-order valence-corrected chi connectivity index (χ3v) is 1.99. The molecule has 0 saturated heterocycles. The van der Waals surface area contributed by atoms with Crippen molar-refractivity contribution < 1.29 is 9.59 Å². The summed E-state index contributed by atoms with van der Waals surface area (Å²) in [5.74, 6) is -0.340. The highest BCUT2D eigenvalue weighted by Gasteiger charge is 2.07. The summed E-state index contributed by atoms with van der Waals surface area (Å²) in [6.07, 6.45) is 1.19. The van der Waals surface area contributed by atoms with Gasteiger partial charge in [0.2, 0.25) is 5.91 Å². The van der Waals surface area contributed by atoms with Crippen molar-refractivity contribution in [1.29, 1.82) is 0 Å².